The molecule has 0 aromatic rings. The second-order valence-corrected chi connectivity index (χ2v) is 2.35. The number of carbonyl (C=O) groups excluding carboxylic acids is 1. The number of nitrogens with one attached hydrogen (secondary N) is 3. The Hall–Kier alpha value is -1.25. The predicted molar refractivity (Wildman–Crippen MR) is 42.5 cm³/mol. The largest absolute Gasteiger partial charge is 0.405 e. The van der Waals surface area contributed by atoms with E-state index in [2.05, 4.69) is 12.2 Å². The fraction of sp³-hybridized carbons (Fsp3) is 0.500. The first-order chi connectivity index (χ1) is 5.81. The standard InChI is InChI=1S/C4H7F3N4OS/c5-4(6,7)1-9-3(12)11-10-2(8)13/h1H2,(H3,8,10,13)(H2,9,11,12). The first-order valence-electron chi connectivity index (χ1n) is 2.97. The zero-order valence-corrected chi connectivity index (χ0v) is 7.05. The van der Waals surface area contributed by atoms with Crippen molar-refractivity contribution in [3.63, 3.8) is 0 Å². The molecule has 0 spiro atoms. The van der Waals surface area contributed by atoms with Crippen molar-refractivity contribution in [3.05, 3.63) is 0 Å². The molecular weight excluding hydrogens is 209 g/mol. The number of amides is 2. The van der Waals surface area contributed by atoms with Crippen LogP contribution in [0.25, 0.3) is 0 Å². The van der Waals surface area contributed by atoms with E-state index >= 15 is 0 Å². The van der Waals surface area contributed by atoms with E-state index in [1.54, 1.807) is 5.43 Å². The Morgan fingerprint density at radius 2 is 1.92 bits per heavy atom. The third-order valence-corrected chi connectivity index (χ3v) is 0.851. The Balaban J connectivity index is 3.58. The molecule has 0 fully saturated rings. The van der Waals surface area contributed by atoms with E-state index in [4.69, 9.17) is 5.73 Å². The quantitative estimate of drug-likeness (QED) is 0.355. The highest BCUT2D eigenvalue weighted by molar-refractivity contribution is 7.80. The van der Waals surface area contributed by atoms with Crippen LogP contribution in [-0.2, 0) is 0 Å². The van der Waals surface area contributed by atoms with Crippen molar-refractivity contribution >= 4 is 23.4 Å². The molecule has 0 unspecified atom stereocenters. The third kappa shape index (κ3) is 8.66. The summed E-state index contributed by atoms with van der Waals surface area (Å²) in [6.07, 6.45) is -4.44. The van der Waals surface area contributed by atoms with Gasteiger partial charge in [0.05, 0.1) is 0 Å². The van der Waals surface area contributed by atoms with Crippen LogP contribution in [0.15, 0.2) is 0 Å². The molecular formula is C4H7F3N4OS. The smallest absolute Gasteiger partial charge is 0.375 e. The van der Waals surface area contributed by atoms with Crippen LogP contribution in [0.4, 0.5) is 18.0 Å². The van der Waals surface area contributed by atoms with Gasteiger partial charge in [-0.3, -0.25) is 5.43 Å². The summed E-state index contributed by atoms with van der Waals surface area (Å²) in [4.78, 5) is 10.5. The fourth-order valence-corrected chi connectivity index (χ4v) is 0.394. The second kappa shape index (κ2) is 4.70. The summed E-state index contributed by atoms with van der Waals surface area (Å²) in [7, 11) is 0. The molecule has 0 saturated heterocycles. The van der Waals surface area contributed by atoms with Gasteiger partial charge in [0, 0.05) is 0 Å². The Morgan fingerprint density at radius 1 is 1.38 bits per heavy atom. The molecule has 0 heterocycles. The van der Waals surface area contributed by atoms with Gasteiger partial charge in [0.1, 0.15) is 6.54 Å². The number of carbonyl (C=O) groups is 1. The molecule has 0 bridgehead atoms. The van der Waals surface area contributed by atoms with Gasteiger partial charge in [0.25, 0.3) is 0 Å². The van der Waals surface area contributed by atoms with Crippen molar-refractivity contribution in [3.8, 4) is 0 Å². The number of hydrazine groups is 1. The van der Waals surface area contributed by atoms with Crippen molar-refractivity contribution in [1.29, 1.82) is 0 Å². The summed E-state index contributed by atoms with van der Waals surface area (Å²) in [5.41, 5.74) is 8.63. The Labute approximate surface area is 76.8 Å². The molecule has 2 amide bonds. The van der Waals surface area contributed by atoms with E-state index in [1.807, 2.05) is 5.43 Å². The van der Waals surface area contributed by atoms with E-state index in [0.29, 0.717) is 0 Å². The average molecular weight is 216 g/mol. The van der Waals surface area contributed by atoms with E-state index in [1.165, 1.54) is 5.32 Å². The molecule has 0 aromatic heterocycles. The highest BCUT2D eigenvalue weighted by Gasteiger charge is 2.27. The van der Waals surface area contributed by atoms with E-state index < -0.39 is 18.8 Å². The predicted octanol–water partition coefficient (Wildman–Crippen LogP) is -0.404. The van der Waals surface area contributed by atoms with Crippen LogP contribution in [0.1, 0.15) is 0 Å². The number of hydrogen-bond acceptors (Lipinski definition) is 2. The summed E-state index contributed by atoms with van der Waals surface area (Å²) >= 11 is 4.27. The molecule has 0 radical (unpaired) electrons. The Bertz CT molecular complexity index is 206. The van der Waals surface area contributed by atoms with Gasteiger partial charge in [-0.25, -0.2) is 10.2 Å². The monoisotopic (exact) mass is 216 g/mol. The molecule has 0 saturated carbocycles. The second-order valence-electron chi connectivity index (χ2n) is 1.91. The maximum atomic E-state index is 11.5. The minimum atomic E-state index is -4.44. The molecule has 5 N–H and O–H groups in total. The number of alkyl halides is 3. The summed E-state index contributed by atoms with van der Waals surface area (Å²) in [6, 6.07) is -1.06. The molecule has 76 valence electrons. The van der Waals surface area contributed by atoms with Crippen LogP contribution in [0.5, 0.6) is 0 Å². The molecule has 0 aliphatic rings. The third-order valence-electron chi connectivity index (χ3n) is 0.749. The summed E-state index contributed by atoms with van der Waals surface area (Å²) < 4.78 is 34.5. The lowest BCUT2D eigenvalue weighted by Crippen LogP contribution is -2.50. The van der Waals surface area contributed by atoms with Crippen molar-refractivity contribution in [2.45, 2.75) is 6.18 Å². The molecule has 9 heteroatoms. The van der Waals surface area contributed by atoms with E-state index in [-0.39, 0.29) is 5.11 Å². The maximum absolute atomic E-state index is 11.5. The van der Waals surface area contributed by atoms with Crippen molar-refractivity contribution in [2.75, 3.05) is 6.54 Å². The number of urea groups is 1. The molecule has 0 aromatic carbocycles. The summed E-state index contributed by atoms with van der Waals surface area (Å²) in [5, 5.41) is 1.28. The molecule has 0 aliphatic heterocycles. The normalized spacial score (nSPS) is 10.4. The molecule has 13 heavy (non-hydrogen) atoms. The van der Waals surface area contributed by atoms with Crippen LogP contribution < -0.4 is 21.9 Å². The fourth-order valence-electron chi connectivity index (χ4n) is 0.343. The minimum Gasteiger partial charge on any atom is -0.375 e. The molecule has 0 rings (SSSR count). The lowest BCUT2D eigenvalue weighted by Gasteiger charge is -2.09. The average Bonchev–Trinajstić information content (AvgIpc) is 1.95. The molecule has 0 aliphatic carbocycles. The van der Waals surface area contributed by atoms with Crippen LogP contribution in [0.3, 0.4) is 0 Å². The van der Waals surface area contributed by atoms with Crippen LogP contribution >= 0.6 is 12.2 Å². The van der Waals surface area contributed by atoms with Gasteiger partial charge in [-0.05, 0) is 12.2 Å². The van der Waals surface area contributed by atoms with Gasteiger partial charge in [-0.1, -0.05) is 0 Å². The van der Waals surface area contributed by atoms with E-state index in [0.717, 1.165) is 0 Å². The van der Waals surface area contributed by atoms with Crippen molar-refractivity contribution < 1.29 is 18.0 Å². The van der Waals surface area contributed by atoms with E-state index in [9.17, 15) is 18.0 Å². The van der Waals surface area contributed by atoms with Gasteiger partial charge in [-0.2, -0.15) is 13.2 Å². The minimum absolute atomic E-state index is 0.248. The highest BCUT2D eigenvalue weighted by atomic mass is 32.1. The molecule has 5 nitrogen and oxygen atoms in total. The SMILES string of the molecule is NC(=S)NNC(=O)NCC(F)(F)F. The lowest BCUT2D eigenvalue weighted by atomic mass is 10.6. The highest BCUT2D eigenvalue weighted by Crippen LogP contribution is 2.11. The summed E-state index contributed by atoms with van der Waals surface area (Å²) in [6.45, 7) is -1.42. The Kier molecular flexibility index (Phi) is 4.25. The van der Waals surface area contributed by atoms with Gasteiger partial charge >= 0.3 is 12.2 Å². The van der Waals surface area contributed by atoms with Gasteiger partial charge in [0.15, 0.2) is 5.11 Å². The number of nitrogens with two attached hydrogens (primary N) is 1. The van der Waals surface area contributed by atoms with Crippen molar-refractivity contribution in [2.24, 2.45) is 5.73 Å². The lowest BCUT2D eigenvalue weighted by molar-refractivity contribution is -0.122. The van der Waals surface area contributed by atoms with Crippen LogP contribution in [0, 0.1) is 0 Å². The van der Waals surface area contributed by atoms with Gasteiger partial charge in [0.2, 0.25) is 0 Å². The molecule has 0 atom stereocenters. The van der Waals surface area contributed by atoms with Crippen molar-refractivity contribution in [1.82, 2.24) is 16.2 Å². The first kappa shape index (κ1) is 11.8. The Morgan fingerprint density at radius 3 is 2.31 bits per heavy atom. The van der Waals surface area contributed by atoms with Crippen LogP contribution in [-0.4, -0.2) is 23.9 Å². The zero-order chi connectivity index (χ0) is 10.5. The zero-order valence-electron chi connectivity index (χ0n) is 6.23. The number of hydrogen-bond donors (Lipinski definition) is 4. The van der Waals surface area contributed by atoms with Gasteiger partial charge < -0.3 is 11.1 Å². The first-order valence-corrected chi connectivity index (χ1v) is 3.38. The van der Waals surface area contributed by atoms with Crippen LogP contribution in [0.2, 0.25) is 0 Å². The number of thiocarbonyl (C=S) groups is 1. The topological polar surface area (TPSA) is 79.2 Å². The van der Waals surface area contributed by atoms with Gasteiger partial charge in [-0.15, -0.1) is 0 Å². The maximum Gasteiger partial charge on any atom is 0.405 e. The number of rotatable bonds is 1. The number of halogens is 3. The summed E-state index contributed by atoms with van der Waals surface area (Å²) in [5.74, 6) is 0.